The second-order valence-electron chi connectivity index (χ2n) is 4.33. The van der Waals surface area contributed by atoms with Crippen molar-refractivity contribution in [2.45, 2.75) is 38.4 Å². The predicted molar refractivity (Wildman–Crippen MR) is 63.8 cm³/mol. The van der Waals surface area contributed by atoms with Crippen LogP contribution in [0.25, 0.3) is 0 Å². The molecule has 3 atom stereocenters. The van der Waals surface area contributed by atoms with Crippen molar-refractivity contribution in [1.29, 1.82) is 0 Å². The third-order valence-corrected chi connectivity index (χ3v) is 3.43. The SMILES string of the molecule is CC[C@H]1[C@H](N)C(=O)N1[C@@H](C)c1ccccc1. The summed E-state index contributed by atoms with van der Waals surface area (Å²) in [6.45, 7) is 4.13. The molecule has 1 heterocycles. The number of hydrogen-bond acceptors (Lipinski definition) is 2. The summed E-state index contributed by atoms with van der Waals surface area (Å²) in [5.41, 5.74) is 6.96. The van der Waals surface area contributed by atoms with E-state index in [2.05, 4.69) is 26.0 Å². The Balaban J connectivity index is 2.17. The third kappa shape index (κ3) is 1.61. The highest BCUT2D eigenvalue weighted by Crippen LogP contribution is 2.32. The van der Waals surface area contributed by atoms with E-state index in [-0.39, 0.29) is 24.0 Å². The molecule has 1 amide bonds. The molecule has 2 N–H and O–H groups in total. The van der Waals surface area contributed by atoms with Gasteiger partial charge in [0.1, 0.15) is 6.04 Å². The third-order valence-electron chi connectivity index (χ3n) is 3.43. The van der Waals surface area contributed by atoms with Gasteiger partial charge in [-0.2, -0.15) is 0 Å². The molecule has 16 heavy (non-hydrogen) atoms. The first-order valence-corrected chi connectivity index (χ1v) is 5.79. The quantitative estimate of drug-likeness (QED) is 0.785. The van der Waals surface area contributed by atoms with Crippen LogP contribution >= 0.6 is 0 Å². The van der Waals surface area contributed by atoms with E-state index in [9.17, 15) is 4.79 Å². The van der Waals surface area contributed by atoms with Gasteiger partial charge in [-0.25, -0.2) is 0 Å². The maximum Gasteiger partial charge on any atom is 0.242 e. The average Bonchev–Trinajstić information content (AvgIpc) is 2.34. The Morgan fingerprint density at radius 1 is 1.38 bits per heavy atom. The van der Waals surface area contributed by atoms with E-state index in [1.165, 1.54) is 5.56 Å². The molecule has 86 valence electrons. The molecule has 3 heteroatoms. The van der Waals surface area contributed by atoms with Gasteiger partial charge in [-0.3, -0.25) is 4.79 Å². The summed E-state index contributed by atoms with van der Waals surface area (Å²) in [6, 6.07) is 10.1. The minimum atomic E-state index is -0.295. The first kappa shape index (κ1) is 11.1. The molecule has 1 aromatic rings. The summed E-state index contributed by atoms with van der Waals surface area (Å²) < 4.78 is 0. The number of β-lactam (4-membered cyclic amide) rings is 1. The van der Waals surface area contributed by atoms with E-state index >= 15 is 0 Å². The van der Waals surface area contributed by atoms with Crippen molar-refractivity contribution in [2.75, 3.05) is 0 Å². The van der Waals surface area contributed by atoms with Gasteiger partial charge in [-0.05, 0) is 18.9 Å². The van der Waals surface area contributed by atoms with Gasteiger partial charge in [0.15, 0.2) is 0 Å². The number of hydrogen-bond donors (Lipinski definition) is 1. The molecular weight excluding hydrogens is 200 g/mol. The summed E-state index contributed by atoms with van der Waals surface area (Å²) in [5, 5.41) is 0. The minimum Gasteiger partial charge on any atom is -0.329 e. The largest absolute Gasteiger partial charge is 0.329 e. The van der Waals surface area contributed by atoms with E-state index in [0.717, 1.165) is 6.42 Å². The van der Waals surface area contributed by atoms with E-state index in [0.29, 0.717) is 0 Å². The average molecular weight is 218 g/mol. The number of carbonyl (C=O) groups is 1. The van der Waals surface area contributed by atoms with Crippen LogP contribution in [0.5, 0.6) is 0 Å². The lowest BCUT2D eigenvalue weighted by Gasteiger charge is -2.48. The number of carbonyl (C=O) groups excluding carboxylic acids is 1. The number of benzene rings is 1. The van der Waals surface area contributed by atoms with Crippen molar-refractivity contribution in [3.63, 3.8) is 0 Å². The van der Waals surface area contributed by atoms with Crippen LogP contribution in [0.4, 0.5) is 0 Å². The summed E-state index contributed by atoms with van der Waals surface area (Å²) >= 11 is 0. The number of likely N-dealkylation sites (tertiary alicyclic amines) is 1. The molecule has 0 radical (unpaired) electrons. The van der Waals surface area contributed by atoms with Crippen LogP contribution in [0.3, 0.4) is 0 Å². The van der Waals surface area contributed by atoms with Crippen LogP contribution in [-0.4, -0.2) is 22.9 Å². The van der Waals surface area contributed by atoms with E-state index < -0.39 is 0 Å². The van der Waals surface area contributed by atoms with Crippen molar-refractivity contribution < 1.29 is 4.79 Å². The van der Waals surface area contributed by atoms with Crippen LogP contribution in [0.2, 0.25) is 0 Å². The van der Waals surface area contributed by atoms with Crippen molar-refractivity contribution in [1.82, 2.24) is 4.90 Å². The van der Waals surface area contributed by atoms with Gasteiger partial charge in [0, 0.05) is 0 Å². The molecule has 0 bridgehead atoms. The van der Waals surface area contributed by atoms with Gasteiger partial charge in [-0.1, -0.05) is 37.3 Å². The molecule has 1 aliphatic heterocycles. The number of nitrogens with two attached hydrogens (primary N) is 1. The van der Waals surface area contributed by atoms with Gasteiger partial charge in [0.2, 0.25) is 5.91 Å². The first-order chi connectivity index (χ1) is 7.66. The number of nitrogens with zero attached hydrogens (tertiary/aromatic N) is 1. The van der Waals surface area contributed by atoms with Crippen LogP contribution in [-0.2, 0) is 4.79 Å². The zero-order valence-electron chi connectivity index (χ0n) is 9.76. The summed E-state index contributed by atoms with van der Waals surface area (Å²) in [6.07, 6.45) is 0.921. The second kappa shape index (κ2) is 4.26. The fourth-order valence-corrected chi connectivity index (χ4v) is 2.41. The van der Waals surface area contributed by atoms with Crippen LogP contribution in [0.15, 0.2) is 30.3 Å². The van der Waals surface area contributed by atoms with E-state index in [1.807, 2.05) is 23.1 Å². The molecule has 0 aliphatic carbocycles. The molecule has 2 rings (SSSR count). The molecule has 0 spiro atoms. The molecule has 1 fully saturated rings. The smallest absolute Gasteiger partial charge is 0.242 e. The highest BCUT2D eigenvalue weighted by molar-refractivity contribution is 5.89. The summed E-state index contributed by atoms with van der Waals surface area (Å²) in [4.78, 5) is 13.6. The Bertz CT molecular complexity index is 377. The van der Waals surface area contributed by atoms with Crippen LogP contribution < -0.4 is 5.73 Å². The molecule has 0 aromatic heterocycles. The first-order valence-electron chi connectivity index (χ1n) is 5.79. The zero-order chi connectivity index (χ0) is 11.7. The predicted octanol–water partition coefficient (Wildman–Crippen LogP) is 1.70. The van der Waals surface area contributed by atoms with Crippen molar-refractivity contribution >= 4 is 5.91 Å². The molecule has 1 aliphatic rings. The van der Waals surface area contributed by atoms with Gasteiger partial charge < -0.3 is 10.6 Å². The Morgan fingerprint density at radius 2 is 2.00 bits per heavy atom. The second-order valence-corrected chi connectivity index (χ2v) is 4.33. The van der Waals surface area contributed by atoms with Crippen LogP contribution in [0, 0.1) is 0 Å². The van der Waals surface area contributed by atoms with Gasteiger partial charge >= 0.3 is 0 Å². The van der Waals surface area contributed by atoms with Crippen molar-refractivity contribution in [3.8, 4) is 0 Å². The lowest BCUT2D eigenvalue weighted by Crippen LogP contribution is -2.68. The van der Waals surface area contributed by atoms with Gasteiger partial charge in [-0.15, -0.1) is 0 Å². The number of amides is 1. The fourth-order valence-electron chi connectivity index (χ4n) is 2.41. The fraction of sp³-hybridized carbons (Fsp3) is 0.462. The Labute approximate surface area is 96.2 Å². The van der Waals surface area contributed by atoms with Crippen molar-refractivity contribution in [3.05, 3.63) is 35.9 Å². The molecule has 3 nitrogen and oxygen atoms in total. The van der Waals surface area contributed by atoms with Gasteiger partial charge in [0.25, 0.3) is 0 Å². The molecule has 0 unspecified atom stereocenters. The molecule has 1 aromatic carbocycles. The highest BCUT2D eigenvalue weighted by Gasteiger charge is 2.45. The maximum absolute atomic E-state index is 11.7. The molecule has 0 saturated carbocycles. The topological polar surface area (TPSA) is 46.3 Å². The van der Waals surface area contributed by atoms with E-state index in [4.69, 9.17) is 5.73 Å². The van der Waals surface area contributed by atoms with Crippen molar-refractivity contribution in [2.24, 2.45) is 5.73 Å². The minimum absolute atomic E-state index is 0.0724. The van der Waals surface area contributed by atoms with E-state index in [1.54, 1.807) is 0 Å². The Hall–Kier alpha value is -1.35. The Kier molecular flexibility index (Phi) is 2.97. The molecule has 1 saturated heterocycles. The standard InChI is InChI=1S/C13H18N2O/c1-3-11-12(14)13(16)15(11)9(2)10-7-5-4-6-8-10/h4-9,11-12H,3,14H2,1-2H3/t9-,11-,12-/m0/s1. The zero-order valence-corrected chi connectivity index (χ0v) is 9.76. The Morgan fingerprint density at radius 3 is 2.56 bits per heavy atom. The lowest BCUT2D eigenvalue weighted by atomic mass is 9.89. The monoisotopic (exact) mass is 218 g/mol. The van der Waals surface area contributed by atoms with Gasteiger partial charge in [0.05, 0.1) is 12.1 Å². The highest BCUT2D eigenvalue weighted by atomic mass is 16.2. The summed E-state index contributed by atoms with van der Waals surface area (Å²) in [7, 11) is 0. The van der Waals surface area contributed by atoms with Crippen LogP contribution in [0.1, 0.15) is 31.9 Å². The summed E-state index contributed by atoms with van der Waals surface area (Å²) in [5.74, 6) is 0.0724. The normalized spacial score (nSPS) is 26.4. The number of rotatable bonds is 3. The molecular formula is C13H18N2O. The maximum atomic E-state index is 11.7. The lowest BCUT2D eigenvalue weighted by molar-refractivity contribution is -0.153.